The van der Waals surface area contributed by atoms with Gasteiger partial charge < -0.3 is 10.5 Å². The van der Waals surface area contributed by atoms with Gasteiger partial charge in [-0.25, -0.2) is 0 Å². The molecule has 0 amide bonds. The molecule has 0 saturated heterocycles. The molecule has 1 aromatic heterocycles. The number of nitrogen functional groups attached to an aromatic ring is 1. The summed E-state index contributed by atoms with van der Waals surface area (Å²) in [5.41, 5.74) is 7.98. The topological polar surface area (TPSA) is 35.2 Å². The number of nitrogens with two attached hydrogens (primary N) is 1. The largest absolute Gasteiger partial charge is 0.493 e. The second-order valence-corrected chi connectivity index (χ2v) is 4.09. The third kappa shape index (κ3) is 1.34. The first kappa shape index (κ1) is 9.34. The molecule has 2 nitrogen and oxygen atoms in total. The molecular weight excluding hydrogens is 194 g/mol. The molecule has 0 aliphatic rings. The Kier molecular flexibility index (Phi) is 2.33. The standard InChI is InChI=1S/C11H13NOS/c1-3-13-9-5-4-7(2)11-10(9)8(12)6-14-11/h4-6H,3,12H2,1-2H3. The third-order valence-corrected chi connectivity index (χ3v) is 3.34. The Bertz CT molecular complexity index is 462. The lowest BCUT2D eigenvalue weighted by Crippen LogP contribution is -1.93. The predicted molar refractivity (Wildman–Crippen MR) is 62.1 cm³/mol. The highest BCUT2D eigenvalue weighted by Gasteiger charge is 2.09. The minimum absolute atomic E-state index is 0.674. The van der Waals surface area contributed by atoms with Gasteiger partial charge in [0.2, 0.25) is 0 Å². The van der Waals surface area contributed by atoms with Crippen molar-refractivity contribution >= 4 is 27.1 Å². The lowest BCUT2D eigenvalue weighted by Gasteiger charge is -2.06. The van der Waals surface area contributed by atoms with Crippen LogP contribution in [-0.2, 0) is 0 Å². The maximum atomic E-state index is 5.91. The fourth-order valence-corrected chi connectivity index (χ4v) is 2.50. The zero-order valence-corrected chi connectivity index (χ0v) is 9.15. The number of benzene rings is 1. The van der Waals surface area contributed by atoms with Crippen LogP contribution in [0.5, 0.6) is 5.75 Å². The van der Waals surface area contributed by atoms with Gasteiger partial charge in [-0.15, -0.1) is 11.3 Å². The summed E-state index contributed by atoms with van der Waals surface area (Å²) in [6.07, 6.45) is 0. The maximum Gasteiger partial charge on any atom is 0.130 e. The maximum absolute atomic E-state index is 5.91. The van der Waals surface area contributed by atoms with E-state index >= 15 is 0 Å². The molecule has 2 aromatic rings. The predicted octanol–water partition coefficient (Wildman–Crippen LogP) is 3.19. The van der Waals surface area contributed by atoms with Gasteiger partial charge in [-0.2, -0.15) is 0 Å². The van der Waals surface area contributed by atoms with E-state index in [2.05, 4.69) is 13.0 Å². The second-order valence-electron chi connectivity index (χ2n) is 3.21. The van der Waals surface area contributed by atoms with Gasteiger partial charge in [-0.05, 0) is 25.5 Å². The molecule has 2 rings (SSSR count). The third-order valence-electron chi connectivity index (χ3n) is 2.21. The van der Waals surface area contributed by atoms with Gasteiger partial charge in [-0.3, -0.25) is 0 Å². The first-order valence-electron chi connectivity index (χ1n) is 4.63. The molecule has 0 aliphatic heterocycles. The van der Waals surface area contributed by atoms with E-state index in [-0.39, 0.29) is 0 Å². The number of hydrogen-bond acceptors (Lipinski definition) is 3. The van der Waals surface area contributed by atoms with Crippen LogP contribution in [0, 0.1) is 6.92 Å². The molecule has 0 fully saturated rings. The van der Waals surface area contributed by atoms with Crippen LogP contribution in [0.1, 0.15) is 12.5 Å². The van der Waals surface area contributed by atoms with Crippen molar-refractivity contribution in [3.05, 3.63) is 23.1 Å². The minimum atomic E-state index is 0.674. The SMILES string of the molecule is CCOc1ccc(C)c2scc(N)c12. The van der Waals surface area contributed by atoms with Gasteiger partial charge in [-0.1, -0.05) is 6.07 Å². The summed E-state index contributed by atoms with van der Waals surface area (Å²) >= 11 is 1.68. The highest BCUT2D eigenvalue weighted by molar-refractivity contribution is 7.18. The molecule has 1 heterocycles. The Morgan fingerprint density at radius 2 is 2.21 bits per heavy atom. The molecule has 0 unspecified atom stereocenters. The Morgan fingerprint density at radius 3 is 2.93 bits per heavy atom. The molecule has 2 N–H and O–H groups in total. The number of hydrogen-bond donors (Lipinski definition) is 1. The van der Waals surface area contributed by atoms with E-state index < -0.39 is 0 Å². The Balaban J connectivity index is 2.72. The Labute approximate surface area is 87.3 Å². The lowest BCUT2D eigenvalue weighted by molar-refractivity contribution is 0.344. The summed E-state index contributed by atoms with van der Waals surface area (Å²) < 4.78 is 6.77. The van der Waals surface area contributed by atoms with Crippen molar-refractivity contribution in [2.45, 2.75) is 13.8 Å². The van der Waals surface area contributed by atoms with Crippen LogP contribution in [0.3, 0.4) is 0 Å². The average Bonchev–Trinajstić information content (AvgIpc) is 2.55. The quantitative estimate of drug-likeness (QED) is 0.820. The van der Waals surface area contributed by atoms with E-state index in [4.69, 9.17) is 10.5 Å². The summed E-state index contributed by atoms with van der Waals surface area (Å²) in [4.78, 5) is 0. The monoisotopic (exact) mass is 207 g/mol. The molecule has 0 radical (unpaired) electrons. The van der Waals surface area contributed by atoms with Crippen molar-refractivity contribution in [1.82, 2.24) is 0 Å². The zero-order chi connectivity index (χ0) is 10.1. The zero-order valence-electron chi connectivity index (χ0n) is 8.33. The summed E-state index contributed by atoms with van der Waals surface area (Å²) in [5.74, 6) is 0.895. The van der Waals surface area contributed by atoms with E-state index in [0.717, 1.165) is 16.8 Å². The molecule has 0 aliphatic carbocycles. The van der Waals surface area contributed by atoms with Crippen LogP contribution in [0.2, 0.25) is 0 Å². The van der Waals surface area contributed by atoms with Gasteiger partial charge in [0.1, 0.15) is 5.75 Å². The van der Waals surface area contributed by atoms with Crippen molar-refractivity contribution in [1.29, 1.82) is 0 Å². The highest BCUT2D eigenvalue weighted by atomic mass is 32.1. The first-order chi connectivity index (χ1) is 6.74. The van der Waals surface area contributed by atoms with E-state index in [1.54, 1.807) is 11.3 Å². The number of aryl methyl sites for hydroxylation is 1. The van der Waals surface area contributed by atoms with Crippen molar-refractivity contribution in [3.63, 3.8) is 0 Å². The summed E-state index contributed by atoms with van der Waals surface area (Å²) in [5, 5.41) is 3.04. The molecule has 1 aromatic carbocycles. The number of rotatable bonds is 2. The van der Waals surface area contributed by atoms with Crippen molar-refractivity contribution in [3.8, 4) is 5.75 Å². The highest BCUT2D eigenvalue weighted by Crippen LogP contribution is 2.37. The fraction of sp³-hybridized carbons (Fsp3) is 0.273. The van der Waals surface area contributed by atoms with Crippen LogP contribution >= 0.6 is 11.3 Å². The Morgan fingerprint density at radius 1 is 1.43 bits per heavy atom. The van der Waals surface area contributed by atoms with E-state index in [1.165, 1.54) is 10.3 Å². The molecule has 74 valence electrons. The number of ether oxygens (including phenoxy) is 1. The van der Waals surface area contributed by atoms with E-state index in [1.807, 2.05) is 18.4 Å². The van der Waals surface area contributed by atoms with Crippen LogP contribution < -0.4 is 10.5 Å². The lowest BCUT2D eigenvalue weighted by atomic mass is 10.1. The Hall–Kier alpha value is -1.22. The van der Waals surface area contributed by atoms with Crippen LogP contribution in [0.4, 0.5) is 5.69 Å². The molecule has 3 heteroatoms. The average molecular weight is 207 g/mol. The summed E-state index contributed by atoms with van der Waals surface area (Å²) in [7, 11) is 0. The number of thiophene rings is 1. The van der Waals surface area contributed by atoms with E-state index in [9.17, 15) is 0 Å². The fourth-order valence-electron chi connectivity index (χ4n) is 1.55. The van der Waals surface area contributed by atoms with Crippen LogP contribution in [0.15, 0.2) is 17.5 Å². The minimum Gasteiger partial charge on any atom is -0.493 e. The molecule has 0 bridgehead atoms. The smallest absolute Gasteiger partial charge is 0.130 e. The van der Waals surface area contributed by atoms with Crippen molar-refractivity contribution in [2.75, 3.05) is 12.3 Å². The van der Waals surface area contributed by atoms with Crippen molar-refractivity contribution < 1.29 is 4.74 Å². The second kappa shape index (κ2) is 3.50. The van der Waals surface area contributed by atoms with Gasteiger partial charge in [0.15, 0.2) is 0 Å². The van der Waals surface area contributed by atoms with Gasteiger partial charge in [0.25, 0.3) is 0 Å². The first-order valence-corrected chi connectivity index (χ1v) is 5.51. The van der Waals surface area contributed by atoms with Crippen LogP contribution in [-0.4, -0.2) is 6.61 Å². The van der Waals surface area contributed by atoms with Crippen LogP contribution in [0.25, 0.3) is 10.1 Å². The molecular formula is C11H13NOS. The molecule has 0 atom stereocenters. The summed E-state index contributed by atoms with van der Waals surface area (Å²) in [6.45, 7) is 4.75. The number of anilines is 1. The normalized spacial score (nSPS) is 10.7. The summed E-state index contributed by atoms with van der Waals surface area (Å²) in [6, 6.07) is 4.06. The van der Waals surface area contributed by atoms with Gasteiger partial charge in [0, 0.05) is 10.1 Å². The molecule has 0 spiro atoms. The van der Waals surface area contributed by atoms with Gasteiger partial charge >= 0.3 is 0 Å². The van der Waals surface area contributed by atoms with Crippen molar-refractivity contribution in [2.24, 2.45) is 0 Å². The molecule has 0 saturated carbocycles. The van der Waals surface area contributed by atoms with E-state index in [0.29, 0.717) is 6.61 Å². The number of fused-ring (bicyclic) bond motifs is 1. The molecule has 14 heavy (non-hydrogen) atoms. The van der Waals surface area contributed by atoms with Gasteiger partial charge in [0.05, 0.1) is 17.7 Å².